The Morgan fingerprint density at radius 3 is 2.50 bits per heavy atom. The van der Waals surface area contributed by atoms with Crippen molar-refractivity contribution in [1.29, 1.82) is 0 Å². The molecule has 0 aliphatic rings. The first-order valence-corrected chi connectivity index (χ1v) is 5.50. The summed E-state index contributed by atoms with van der Waals surface area (Å²) in [6.45, 7) is 0. The fourth-order valence-electron chi connectivity index (χ4n) is 1.57. The van der Waals surface area contributed by atoms with E-state index in [0.29, 0.717) is 17.5 Å². The molecular formula is C13H15NO4. The topological polar surface area (TPSA) is 86.5 Å². The molecule has 1 aromatic carbocycles. The van der Waals surface area contributed by atoms with Gasteiger partial charge in [0.2, 0.25) is 5.91 Å². The number of ether oxygens (including phenoxy) is 1. The van der Waals surface area contributed by atoms with Crippen LogP contribution in [-0.2, 0) is 20.7 Å². The number of primary amides is 1. The second-order valence-corrected chi connectivity index (χ2v) is 3.81. The summed E-state index contributed by atoms with van der Waals surface area (Å²) in [4.78, 5) is 33.5. The smallest absolute Gasteiger partial charge is 0.313 e. The van der Waals surface area contributed by atoms with E-state index in [1.165, 1.54) is 7.11 Å². The number of ketones is 1. The molecule has 0 bridgehead atoms. The van der Waals surface area contributed by atoms with E-state index >= 15 is 0 Å². The fourth-order valence-corrected chi connectivity index (χ4v) is 1.57. The quantitative estimate of drug-likeness (QED) is 0.598. The molecule has 0 saturated carbocycles. The van der Waals surface area contributed by atoms with Gasteiger partial charge in [-0.1, -0.05) is 18.2 Å². The lowest BCUT2D eigenvalue weighted by Gasteiger charge is -2.05. The molecule has 0 spiro atoms. The molecule has 0 radical (unpaired) electrons. The number of methoxy groups -OCH3 is 1. The van der Waals surface area contributed by atoms with Gasteiger partial charge in [-0.15, -0.1) is 0 Å². The number of hydrogen-bond acceptors (Lipinski definition) is 4. The third kappa shape index (κ3) is 4.01. The Balaban J connectivity index is 2.61. The van der Waals surface area contributed by atoms with Gasteiger partial charge < -0.3 is 10.5 Å². The number of aryl methyl sites for hydroxylation is 1. The summed E-state index contributed by atoms with van der Waals surface area (Å²) < 4.78 is 4.40. The highest BCUT2D eigenvalue weighted by atomic mass is 16.5. The van der Waals surface area contributed by atoms with Crippen LogP contribution < -0.4 is 5.73 Å². The molecule has 2 N–H and O–H groups in total. The largest absolute Gasteiger partial charge is 0.469 e. The summed E-state index contributed by atoms with van der Waals surface area (Å²) >= 11 is 0. The molecule has 0 aliphatic carbocycles. The van der Waals surface area contributed by atoms with Gasteiger partial charge in [-0.2, -0.15) is 0 Å². The van der Waals surface area contributed by atoms with Gasteiger partial charge >= 0.3 is 5.97 Å². The van der Waals surface area contributed by atoms with E-state index in [4.69, 9.17) is 5.73 Å². The Morgan fingerprint density at radius 1 is 1.22 bits per heavy atom. The summed E-state index contributed by atoms with van der Waals surface area (Å²) in [5, 5.41) is 0. The maximum atomic E-state index is 11.4. The van der Waals surface area contributed by atoms with Crippen LogP contribution in [0.15, 0.2) is 24.3 Å². The number of nitrogens with two attached hydrogens (primary N) is 1. The van der Waals surface area contributed by atoms with E-state index < -0.39 is 11.9 Å². The van der Waals surface area contributed by atoms with Gasteiger partial charge in [0.15, 0.2) is 0 Å². The zero-order valence-electron chi connectivity index (χ0n) is 10.1. The van der Waals surface area contributed by atoms with Crippen LogP contribution in [0.25, 0.3) is 0 Å². The van der Waals surface area contributed by atoms with E-state index in [1.807, 2.05) is 0 Å². The molecule has 0 unspecified atom stereocenters. The zero-order chi connectivity index (χ0) is 13.5. The van der Waals surface area contributed by atoms with Crippen LogP contribution in [0.5, 0.6) is 0 Å². The number of rotatable bonds is 6. The molecule has 0 saturated heterocycles. The highest BCUT2D eigenvalue weighted by Crippen LogP contribution is 2.11. The van der Waals surface area contributed by atoms with Crippen molar-refractivity contribution in [1.82, 2.24) is 0 Å². The Hall–Kier alpha value is -2.17. The molecule has 5 heteroatoms. The molecule has 1 amide bonds. The van der Waals surface area contributed by atoms with Crippen molar-refractivity contribution < 1.29 is 19.1 Å². The Bertz CT molecular complexity index is 468. The molecule has 0 fully saturated rings. The molecule has 5 nitrogen and oxygen atoms in total. The molecule has 0 atom stereocenters. The molecule has 0 heterocycles. The lowest BCUT2D eigenvalue weighted by molar-refractivity contribution is -0.143. The maximum absolute atomic E-state index is 11.4. The SMILES string of the molecule is COC(=O)CC(=O)CCc1ccccc1C(N)=O. The average Bonchev–Trinajstić information content (AvgIpc) is 2.36. The van der Waals surface area contributed by atoms with Gasteiger partial charge in [-0.3, -0.25) is 14.4 Å². The van der Waals surface area contributed by atoms with Gasteiger partial charge in [0.25, 0.3) is 0 Å². The van der Waals surface area contributed by atoms with Crippen LogP contribution >= 0.6 is 0 Å². The van der Waals surface area contributed by atoms with Gasteiger partial charge in [0.1, 0.15) is 12.2 Å². The second-order valence-electron chi connectivity index (χ2n) is 3.81. The van der Waals surface area contributed by atoms with Crippen molar-refractivity contribution in [2.45, 2.75) is 19.3 Å². The summed E-state index contributed by atoms with van der Waals surface area (Å²) in [5.74, 6) is -1.30. The number of benzene rings is 1. The number of carbonyl (C=O) groups is 3. The Kier molecular flexibility index (Phi) is 5.05. The van der Waals surface area contributed by atoms with Crippen LogP contribution in [0.4, 0.5) is 0 Å². The summed E-state index contributed by atoms with van der Waals surface area (Å²) in [6, 6.07) is 6.83. The molecule has 96 valence electrons. The van der Waals surface area contributed by atoms with E-state index in [2.05, 4.69) is 4.74 Å². The fraction of sp³-hybridized carbons (Fsp3) is 0.308. The number of carbonyl (C=O) groups excluding carboxylic acids is 3. The molecule has 18 heavy (non-hydrogen) atoms. The third-order valence-corrected chi connectivity index (χ3v) is 2.53. The zero-order valence-corrected chi connectivity index (χ0v) is 10.1. The Labute approximate surface area is 105 Å². The molecule has 0 aliphatic heterocycles. The molecule has 1 rings (SSSR count). The first kappa shape index (κ1) is 13.9. The summed E-state index contributed by atoms with van der Waals surface area (Å²) in [5.41, 5.74) is 6.34. The number of esters is 1. The van der Waals surface area contributed by atoms with Gasteiger partial charge in [-0.25, -0.2) is 0 Å². The normalized spacial score (nSPS) is 9.83. The average molecular weight is 249 g/mol. The summed E-state index contributed by atoms with van der Waals surface area (Å²) in [7, 11) is 1.23. The highest BCUT2D eigenvalue weighted by Gasteiger charge is 2.12. The van der Waals surface area contributed by atoms with Crippen LogP contribution in [0, 0.1) is 0 Å². The van der Waals surface area contributed by atoms with Crippen LogP contribution in [-0.4, -0.2) is 24.8 Å². The van der Waals surface area contributed by atoms with Gasteiger partial charge in [0, 0.05) is 12.0 Å². The predicted molar refractivity (Wildman–Crippen MR) is 64.9 cm³/mol. The lowest BCUT2D eigenvalue weighted by Crippen LogP contribution is -2.15. The standard InChI is InChI=1S/C13H15NO4/c1-18-12(16)8-10(15)7-6-9-4-2-3-5-11(9)13(14)17/h2-5H,6-8H2,1H3,(H2,14,17). The highest BCUT2D eigenvalue weighted by molar-refractivity contribution is 5.96. The number of hydrogen-bond donors (Lipinski definition) is 1. The minimum atomic E-state index is -0.553. The van der Waals surface area contributed by atoms with Crippen molar-refractivity contribution in [3.63, 3.8) is 0 Å². The second kappa shape index (κ2) is 6.54. The molecule has 0 aromatic heterocycles. The molecular weight excluding hydrogens is 234 g/mol. The molecule has 1 aromatic rings. The minimum Gasteiger partial charge on any atom is -0.469 e. The van der Waals surface area contributed by atoms with E-state index in [9.17, 15) is 14.4 Å². The van der Waals surface area contributed by atoms with Crippen molar-refractivity contribution in [2.75, 3.05) is 7.11 Å². The Morgan fingerprint density at radius 2 is 1.89 bits per heavy atom. The van der Waals surface area contributed by atoms with Crippen molar-refractivity contribution >= 4 is 17.7 Å². The van der Waals surface area contributed by atoms with E-state index in [1.54, 1.807) is 24.3 Å². The van der Waals surface area contributed by atoms with E-state index in [-0.39, 0.29) is 18.6 Å². The first-order chi connectivity index (χ1) is 8.54. The van der Waals surface area contributed by atoms with Crippen LogP contribution in [0.3, 0.4) is 0 Å². The van der Waals surface area contributed by atoms with Crippen LogP contribution in [0.1, 0.15) is 28.8 Å². The lowest BCUT2D eigenvalue weighted by atomic mass is 10.0. The van der Waals surface area contributed by atoms with Gasteiger partial charge in [-0.05, 0) is 18.1 Å². The van der Waals surface area contributed by atoms with Crippen molar-refractivity contribution in [3.05, 3.63) is 35.4 Å². The van der Waals surface area contributed by atoms with E-state index in [0.717, 1.165) is 0 Å². The first-order valence-electron chi connectivity index (χ1n) is 5.50. The predicted octanol–water partition coefficient (Wildman–Crippen LogP) is 0.850. The summed E-state index contributed by atoms with van der Waals surface area (Å²) in [6.07, 6.45) is 0.323. The van der Waals surface area contributed by atoms with Crippen molar-refractivity contribution in [3.8, 4) is 0 Å². The van der Waals surface area contributed by atoms with Crippen LogP contribution in [0.2, 0.25) is 0 Å². The minimum absolute atomic E-state index is 0.180. The number of Topliss-reactive ketones (excluding diaryl/α,β-unsaturated/α-hetero) is 1. The third-order valence-electron chi connectivity index (χ3n) is 2.53. The maximum Gasteiger partial charge on any atom is 0.313 e. The monoisotopic (exact) mass is 249 g/mol. The van der Waals surface area contributed by atoms with Crippen molar-refractivity contribution in [2.24, 2.45) is 5.73 Å². The van der Waals surface area contributed by atoms with Gasteiger partial charge in [0.05, 0.1) is 7.11 Å². The number of amides is 1.